The van der Waals surface area contributed by atoms with Crippen LogP contribution in [0.2, 0.25) is 0 Å². The Kier molecular flexibility index (Phi) is 21.4. The maximum absolute atomic E-state index is 5.27. The Hall–Kier alpha value is -20.8. The highest BCUT2D eigenvalue weighted by Gasteiger charge is 2.31. The van der Waals surface area contributed by atoms with Gasteiger partial charge < -0.3 is 13.7 Å². The summed E-state index contributed by atoms with van der Waals surface area (Å²) >= 11 is 0. The topological polar surface area (TPSA) is 197 Å². The predicted molar refractivity (Wildman–Crippen MR) is 606 cm³/mol. The minimum absolute atomic E-state index is 0.459. The van der Waals surface area contributed by atoms with Gasteiger partial charge in [-0.25, -0.2) is 15.0 Å². The van der Waals surface area contributed by atoms with Gasteiger partial charge in [-0.1, -0.05) is 364 Å². The Balaban J connectivity index is 0.000000109. The van der Waals surface area contributed by atoms with Crippen LogP contribution in [0.1, 0.15) is 0 Å². The van der Waals surface area contributed by atoms with Crippen LogP contribution in [0.4, 0.5) is 0 Å². The number of hydrogen-bond donors (Lipinski definition) is 0. The van der Waals surface area contributed by atoms with Gasteiger partial charge in [0, 0.05) is 129 Å². The van der Waals surface area contributed by atoms with Gasteiger partial charge >= 0.3 is 0 Å². The Morgan fingerprint density at radius 2 is 0.400 bits per heavy atom. The first-order valence-corrected chi connectivity index (χ1v) is 49.9. The first kappa shape index (κ1) is 87.0. The van der Waals surface area contributed by atoms with Gasteiger partial charge in [0.1, 0.15) is 22.8 Å². The zero-order valence-electron chi connectivity index (χ0n) is 80.4. The fraction of sp³-hybridized carbons (Fsp3) is 0. The minimum Gasteiger partial charge on any atom is -0.307 e. The lowest BCUT2D eigenvalue weighted by atomic mass is 9.96. The summed E-state index contributed by atoms with van der Waals surface area (Å²) < 4.78 is 13.7. The zero-order valence-corrected chi connectivity index (χ0v) is 80.4. The maximum atomic E-state index is 5.27. The highest BCUT2D eigenvalue weighted by Crippen LogP contribution is 2.49. The zero-order chi connectivity index (χ0) is 99.1. The largest absolute Gasteiger partial charge is 0.307 e. The van der Waals surface area contributed by atoms with E-state index in [9.17, 15) is 0 Å². The molecule has 0 spiro atoms. The first-order valence-electron chi connectivity index (χ1n) is 49.9. The maximum Gasteiger partial charge on any atom is 0.238 e. The number of rotatable bonds is 15. The molecule has 0 N–H and O–H groups in total. The molecule has 0 atom stereocenters. The molecule has 17 aromatic carbocycles. The molecule has 0 aliphatic rings. The summed E-state index contributed by atoms with van der Waals surface area (Å²) in [6, 6.07) is 165. The third-order valence-corrected chi connectivity index (χ3v) is 28.2. The van der Waals surface area contributed by atoms with E-state index in [1.807, 2.05) is 140 Å². The summed E-state index contributed by atoms with van der Waals surface area (Å²) in [5.41, 5.74) is 27.0. The van der Waals surface area contributed by atoms with E-state index in [2.05, 4.69) is 389 Å². The number of para-hydroxylation sites is 9. The van der Waals surface area contributed by atoms with Gasteiger partial charge in [-0.3, -0.25) is 33.6 Å². The molecular formula is C131H83N19. The number of benzene rings is 17. The number of aromatic nitrogens is 19. The van der Waals surface area contributed by atoms with Crippen LogP contribution < -0.4 is 0 Å². The average molecular weight is 1920 g/mol. The van der Waals surface area contributed by atoms with Gasteiger partial charge in [-0.2, -0.15) is 29.9 Å². The van der Waals surface area contributed by atoms with E-state index in [-0.39, 0.29) is 0 Å². The van der Waals surface area contributed by atoms with Crippen LogP contribution >= 0.6 is 0 Å². The lowest BCUT2D eigenvalue weighted by Crippen LogP contribution is -2.08. The molecule has 30 rings (SSSR count). The van der Waals surface area contributed by atoms with Gasteiger partial charge in [-0.15, -0.1) is 0 Å². The van der Waals surface area contributed by atoms with Crippen LogP contribution in [-0.2, 0) is 0 Å². The SMILES string of the molecule is c1ccc(-c2ccc(-c3nc(-c4ccc(-c5ccccc5)cn4)nc(-n4c5ccccc5c5ccc6c7ccccc7n(-c7ccccc7)c6c54)n3)nc2)cc1.c1ccc(-c2nc(-c3ccccc3)nc(-n3c4ccccc4c4c(-c5ccccc5)cc5c6ccccc6n(-c6ccccc6)c5c43)n2)cc1.c1ccc(-n2c3ccccc3c3ccc4c5ccccc5n(-c5nc(-c6ccccn6)nc(-c6ccccn6)n5)c4c32)cc1. The molecule has 0 aliphatic carbocycles. The molecule has 0 aliphatic heterocycles. The molecule has 0 unspecified atom stereocenters. The van der Waals surface area contributed by atoms with Crippen molar-refractivity contribution in [2.75, 3.05) is 0 Å². The number of hydrogen-bond acceptors (Lipinski definition) is 13. The summed E-state index contributed by atoms with van der Waals surface area (Å²) in [6.45, 7) is 0. The number of fused-ring (bicyclic) bond motifs is 21. The van der Waals surface area contributed by atoms with E-state index in [4.69, 9.17) is 54.8 Å². The summed E-state index contributed by atoms with van der Waals surface area (Å²) in [7, 11) is 0. The molecule has 30 aromatic rings. The van der Waals surface area contributed by atoms with E-state index in [1.54, 1.807) is 12.4 Å². The molecule has 0 amide bonds. The van der Waals surface area contributed by atoms with Crippen molar-refractivity contribution in [1.82, 2.24) is 92.2 Å². The molecular weight excluding hydrogens is 1840 g/mol. The van der Waals surface area contributed by atoms with Crippen molar-refractivity contribution in [3.8, 4) is 137 Å². The van der Waals surface area contributed by atoms with E-state index >= 15 is 0 Å². The predicted octanol–water partition coefficient (Wildman–Crippen LogP) is 30.8. The lowest BCUT2D eigenvalue weighted by Gasteiger charge is -2.14. The van der Waals surface area contributed by atoms with Crippen molar-refractivity contribution < 1.29 is 0 Å². The molecule has 13 heterocycles. The van der Waals surface area contributed by atoms with E-state index in [0.29, 0.717) is 75.6 Å². The van der Waals surface area contributed by atoms with Gasteiger partial charge in [0.05, 0.1) is 66.2 Å². The third-order valence-electron chi connectivity index (χ3n) is 28.2. The van der Waals surface area contributed by atoms with Crippen LogP contribution in [0.5, 0.6) is 0 Å². The van der Waals surface area contributed by atoms with E-state index in [0.717, 1.165) is 165 Å². The van der Waals surface area contributed by atoms with Gasteiger partial charge in [0.15, 0.2) is 34.9 Å². The van der Waals surface area contributed by atoms with Crippen LogP contribution in [0.25, 0.3) is 268 Å². The molecule has 0 radical (unpaired) electrons. The van der Waals surface area contributed by atoms with Gasteiger partial charge in [0.2, 0.25) is 17.8 Å². The molecule has 150 heavy (non-hydrogen) atoms. The summed E-state index contributed by atoms with van der Waals surface area (Å²) in [4.78, 5) is 65.1. The van der Waals surface area contributed by atoms with E-state index < -0.39 is 0 Å². The molecule has 0 saturated carbocycles. The smallest absolute Gasteiger partial charge is 0.238 e. The van der Waals surface area contributed by atoms with Crippen LogP contribution in [-0.4, -0.2) is 92.2 Å². The summed E-state index contributed by atoms with van der Waals surface area (Å²) in [6.07, 6.45) is 7.26. The Morgan fingerprint density at radius 1 is 0.147 bits per heavy atom. The molecule has 702 valence electrons. The Labute approximate surface area is 858 Å². The standard InChI is InChI=1S/C49H31N7.C45H29N5.C37H23N7/c1-4-14-32(15-5-1)34-24-28-41(50-30-34)47-52-48(42-29-25-35(31-51-42)33-16-6-2-7-17-33)54-49(53-47)56-44-23-13-11-21-38(44)40-27-26-39-37-20-10-12-22-43(37)55(45(39)46(40)56)36-18-8-3-9-19-36;1-5-17-30(18-6-1)36-29-37-34-25-13-15-27-38(34)49(33-23-11-4-12-24-33)41(37)42-40(36)35-26-14-16-28-39(35)50(42)45-47-43(31-19-7-2-8-20-31)46-44(48-45)32-21-9-3-10-22-32;1-2-12-24(13-3-1)43-31-18-6-4-14-25(31)27-20-21-28-26-15-5-7-19-32(26)44(34(28)33(27)43)37-41-35(29-16-8-10-22-38-29)40-36(42-37)30-17-9-11-23-39-30/h1-31H;1-29H;1-23H. The van der Waals surface area contributed by atoms with Crippen molar-refractivity contribution in [2.24, 2.45) is 0 Å². The Bertz CT molecular complexity index is 10200. The first-order chi connectivity index (χ1) is 74.5. The molecule has 19 nitrogen and oxygen atoms in total. The van der Waals surface area contributed by atoms with Crippen LogP contribution in [0, 0.1) is 0 Å². The van der Waals surface area contributed by atoms with Gasteiger partial charge in [0.25, 0.3) is 0 Å². The number of nitrogens with zero attached hydrogens (tertiary/aromatic N) is 19. The third kappa shape index (κ3) is 15.0. The molecule has 19 heteroatoms. The normalized spacial score (nSPS) is 11.6. The quantitative estimate of drug-likeness (QED) is 0.0940. The van der Waals surface area contributed by atoms with Crippen molar-refractivity contribution in [3.05, 3.63) is 504 Å². The molecule has 0 saturated heterocycles. The van der Waals surface area contributed by atoms with Crippen molar-refractivity contribution in [3.63, 3.8) is 0 Å². The minimum atomic E-state index is 0.459. The van der Waals surface area contributed by atoms with Crippen molar-refractivity contribution >= 4 is 131 Å². The summed E-state index contributed by atoms with van der Waals surface area (Å²) in [5, 5.41) is 13.8. The highest BCUT2D eigenvalue weighted by atomic mass is 15.2. The average Bonchev–Trinajstić information content (AvgIpc) is 1.54. The lowest BCUT2D eigenvalue weighted by molar-refractivity contribution is 0.943. The van der Waals surface area contributed by atoms with E-state index in [1.165, 1.54) is 27.1 Å². The molecule has 0 bridgehead atoms. The van der Waals surface area contributed by atoms with Gasteiger partial charge in [-0.05, 0) is 138 Å². The number of pyridine rings is 4. The second-order valence-electron chi connectivity index (χ2n) is 36.9. The molecule has 13 aromatic heterocycles. The molecule has 0 fully saturated rings. The fourth-order valence-electron chi connectivity index (χ4n) is 21.5. The highest BCUT2D eigenvalue weighted by molar-refractivity contribution is 6.29. The van der Waals surface area contributed by atoms with Crippen LogP contribution in [0.15, 0.2) is 504 Å². The fourth-order valence-corrected chi connectivity index (χ4v) is 21.5. The second-order valence-corrected chi connectivity index (χ2v) is 36.9. The Morgan fingerprint density at radius 3 is 0.733 bits per heavy atom. The van der Waals surface area contributed by atoms with Crippen molar-refractivity contribution in [1.29, 1.82) is 0 Å². The van der Waals surface area contributed by atoms with Crippen LogP contribution in [0.3, 0.4) is 0 Å². The second kappa shape index (κ2) is 36.8. The van der Waals surface area contributed by atoms with Crippen molar-refractivity contribution in [2.45, 2.75) is 0 Å². The summed E-state index contributed by atoms with van der Waals surface area (Å²) in [5.74, 6) is 4.69. The monoisotopic (exact) mass is 1920 g/mol.